The van der Waals surface area contributed by atoms with Crippen molar-refractivity contribution in [1.29, 1.82) is 0 Å². The maximum Gasteiger partial charge on any atom is 0.273 e. The van der Waals surface area contributed by atoms with Crippen LogP contribution >= 0.6 is 15.9 Å². The van der Waals surface area contributed by atoms with E-state index in [1.807, 2.05) is 0 Å². The molecule has 0 amide bonds. The van der Waals surface area contributed by atoms with Crippen LogP contribution < -0.4 is 5.32 Å². The first-order valence-corrected chi connectivity index (χ1v) is 7.56. The third-order valence-corrected chi connectivity index (χ3v) is 4.79. The van der Waals surface area contributed by atoms with Gasteiger partial charge in [-0.1, -0.05) is 12.8 Å². The Bertz CT molecular complexity index is 513. The van der Waals surface area contributed by atoms with Crippen LogP contribution in [-0.4, -0.2) is 23.2 Å². The number of nitrogens with one attached hydrogen (secondary N) is 1. The standard InChI is InChI=1S/C14H19BrN2O3/c1-10-6-12(11(15)7-13(10)17(19)20)16-8-14(9-18)4-2-3-5-14/h6-7,16,18H,2-5,8-9H2,1H3. The summed E-state index contributed by atoms with van der Waals surface area (Å²) in [7, 11) is 0. The van der Waals surface area contributed by atoms with Crippen molar-refractivity contribution < 1.29 is 10.0 Å². The molecule has 0 atom stereocenters. The predicted octanol–water partition coefficient (Wildman–Crippen LogP) is 3.63. The number of aliphatic hydroxyl groups is 1. The first-order chi connectivity index (χ1) is 9.47. The van der Waals surface area contributed by atoms with Gasteiger partial charge in [0.1, 0.15) is 0 Å². The lowest BCUT2D eigenvalue weighted by molar-refractivity contribution is -0.385. The van der Waals surface area contributed by atoms with Gasteiger partial charge >= 0.3 is 0 Å². The lowest BCUT2D eigenvalue weighted by atomic mass is 9.87. The van der Waals surface area contributed by atoms with Crippen molar-refractivity contribution in [2.24, 2.45) is 5.41 Å². The van der Waals surface area contributed by atoms with Crippen LogP contribution in [-0.2, 0) is 0 Å². The Labute approximate surface area is 126 Å². The van der Waals surface area contributed by atoms with Crippen LogP contribution in [0, 0.1) is 22.5 Å². The Morgan fingerprint density at radius 3 is 2.65 bits per heavy atom. The van der Waals surface area contributed by atoms with E-state index in [-0.39, 0.29) is 22.6 Å². The number of hydrogen-bond acceptors (Lipinski definition) is 4. The van der Waals surface area contributed by atoms with Crippen LogP contribution in [0.1, 0.15) is 31.2 Å². The summed E-state index contributed by atoms with van der Waals surface area (Å²) in [5.41, 5.74) is 1.54. The van der Waals surface area contributed by atoms with Crippen molar-refractivity contribution in [2.45, 2.75) is 32.6 Å². The lowest BCUT2D eigenvalue weighted by Crippen LogP contribution is -2.30. The fraction of sp³-hybridized carbons (Fsp3) is 0.571. The Morgan fingerprint density at radius 1 is 1.45 bits per heavy atom. The van der Waals surface area contributed by atoms with Gasteiger partial charge in [0.2, 0.25) is 0 Å². The van der Waals surface area contributed by atoms with Gasteiger partial charge in [0, 0.05) is 33.7 Å². The molecule has 0 aromatic heterocycles. The van der Waals surface area contributed by atoms with Gasteiger partial charge in [0.15, 0.2) is 0 Å². The maximum atomic E-state index is 10.9. The molecule has 1 fully saturated rings. The molecule has 6 heteroatoms. The van der Waals surface area contributed by atoms with Crippen LogP contribution in [0.5, 0.6) is 0 Å². The second-order valence-corrected chi connectivity index (χ2v) is 6.45. The Balaban J connectivity index is 2.14. The van der Waals surface area contributed by atoms with E-state index in [0.29, 0.717) is 16.6 Å². The van der Waals surface area contributed by atoms with Gasteiger partial charge in [-0.2, -0.15) is 0 Å². The fourth-order valence-corrected chi connectivity index (χ4v) is 3.27. The van der Waals surface area contributed by atoms with Crippen molar-refractivity contribution in [3.05, 3.63) is 32.3 Å². The average molecular weight is 343 g/mol. The lowest BCUT2D eigenvalue weighted by Gasteiger charge is -2.27. The summed E-state index contributed by atoms with van der Waals surface area (Å²) in [5.74, 6) is 0. The zero-order chi connectivity index (χ0) is 14.8. The van der Waals surface area contributed by atoms with Crippen LogP contribution in [0.3, 0.4) is 0 Å². The van der Waals surface area contributed by atoms with E-state index in [1.165, 1.54) is 6.07 Å². The van der Waals surface area contributed by atoms with Crippen LogP contribution in [0.15, 0.2) is 16.6 Å². The molecule has 0 unspecified atom stereocenters. The monoisotopic (exact) mass is 342 g/mol. The van der Waals surface area contributed by atoms with Gasteiger partial charge in [0.25, 0.3) is 5.69 Å². The third-order valence-electron chi connectivity index (χ3n) is 4.14. The fourth-order valence-electron chi connectivity index (χ4n) is 2.80. The molecule has 1 aromatic rings. The quantitative estimate of drug-likeness (QED) is 0.632. The average Bonchev–Trinajstić information content (AvgIpc) is 2.88. The highest BCUT2D eigenvalue weighted by Crippen LogP contribution is 2.38. The highest BCUT2D eigenvalue weighted by atomic mass is 79.9. The van der Waals surface area contributed by atoms with Crippen molar-refractivity contribution in [3.8, 4) is 0 Å². The van der Waals surface area contributed by atoms with Crippen LogP contribution in [0.2, 0.25) is 0 Å². The minimum Gasteiger partial charge on any atom is -0.396 e. The van der Waals surface area contributed by atoms with E-state index in [4.69, 9.17) is 0 Å². The number of hydrogen-bond donors (Lipinski definition) is 2. The van der Waals surface area contributed by atoms with Gasteiger partial charge in [-0.3, -0.25) is 10.1 Å². The number of halogens is 1. The predicted molar refractivity (Wildman–Crippen MR) is 82.0 cm³/mol. The molecule has 0 aliphatic heterocycles. The van der Waals surface area contributed by atoms with Gasteiger partial charge in [-0.05, 0) is 41.8 Å². The second-order valence-electron chi connectivity index (χ2n) is 5.59. The number of rotatable bonds is 5. The normalized spacial score (nSPS) is 17.1. The zero-order valence-electron chi connectivity index (χ0n) is 11.5. The smallest absolute Gasteiger partial charge is 0.273 e. The minimum atomic E-state index is -0.379. The van der Waals surface area contributed by atoms with E-state index in [1.54, 1.807) is 13.0 Å². The largest absolute Gasteiger partial charge is 0.396 e. The number of nitro benzene ring substituents is 1. The Hall–Kier alpha value is -1.14. The molecule has 110 valence electrons. The summed E-state index contributed by atoms with van der Waals surface area (Å²) in [6.45, 7) is 2.61. The number of benzene rings is 1. The van der Waals surface area contributed by atoms with E-state index in [0.717, 1.165) is 31.4 Å². The molecule has 1 aliphatic rings. The van der Waals surface area contributed by atoms with Crippen molar-refractivity contribution in [3.63, 3.8) is 0 Å². The topological polar surface area (TPSA) is 75.4 Å². The molecular weight excluding hydrogens is 324 g/mol. The van der Waals surface area contributed by atoms with Crippen LogP contribution in [0.25, 0.3) is 0 Å². The molecule has 0 heterocycles. The summed E-state index contributed by atoms with van der Waals surface area (Å²) < 4.78 is 0.681. The zero-order valence-corrected chi connectivity index (χ0v) is 13.1. The van der Waals surface area contributed by atoms with Crippen molar-refractivity contribution in [2.75, 3.05) is 18.5 Å². The number of nitrogens with zero attached hydrogens (tertiary/aromatic N) is 1. The number of nitro groups is 1. The highest BCUT2D eigenvalue weighted by molar-refractivity contribution is 9.10. The molecule has 20 heavy (non-hydrogen) atoms. The number of anilines is 1. The molecule has 5 nitrogen and oxygen atoms in total. The van der Waals surface area contributed by atoms with Crippen molar-refractivity contribution >= 4 is 27.3 Å². The van der Waals surface area contributed by atoms with Gasteiger partial charge in [-0.15, -0.1) is 0 Å². The summed E-state index contributed by atoms with van der Waals surface area (Å²) in [4.78, 5) is 10.5. The second kappa shape index (κ2) is 6.10. The molecule has 2 N–H and O–H groups in total. The third kappa shape index (κ3) is 3.12. The number of aliphatic hydroxyl groups excluding tert-OH is 1. The summed E-state index contributed by atoms with van der Waals surface area (Å²) >= 11 is 3.37. The summed E-state index contributed by atoms with van der Waals surface area (Å²) in [5, 5.41) is 23.8. The molecule has 1 aliphatic carbocycles. The van der Waals surface area contributed by atoms with Crippen molar-refractivity contribution in [1.82, 2.24) is 0 Å². The maximum absolute atomic E-state index is 10.9. The first-order valence-electron chi connectivity index (χ1n) is 6.77. The SMILES string of the molecule is Cc1cc(NCC2(CO)CCCC2)c(Br)cc1[N+](=O)[O-]. The number of aryl methyl sites for hydroxylation is 1. The van der Waals surface area contributed by atoms with Gasteiger partial charge in [-0.25, -0.2) is 0 Å². The molecule has 1 aromatic carbocycles. The van der Waals surface area contributed by atoms with E-state index in [9.17, 15) is 15.2 Å². The Morgan fingerprint density at radius 2 is 2.10 bits per heavy atom. The molecule has 0 spiro atoms. The van der Waals surface area contributed by atoms with E-state index >= 15 is 0 Å². The first kappa shape index (κ1) is 15.3. The van der Waals surface area contributed by atoms with Gasteiger partial charge in [0.05, 0.1) is 11.5 Å². The van der Waals surface area contributed by atoms with E-state index < -0.39 is 0 Å². The molecule has 0 bridgehead atoms. The van der Waals surface area contributed by atoms with Gasteiger partial charge < -0.3 is 10.4 Å². The van der Waals surface area contributed by atoms with E-state index in [2.05, 4.69) is 21.2 Å². The summed E-state index contributed by atoms with van der Waals surface area (Å²) in [6.07, 6.45) is 4.37. The minimum absolute atomic E-state index is 0.0465. The molecule has 0 saturated heterocycles. The molecule has 2 rings (SSSR count). The summed E-state index contributed by atoms with van der Waals surface area (Å²) in [6, 6.07) is 3.31. The Kier molecular flexibility index (Phi) is 4.65. The molecule has 1 saturated carbocycles. The molecular formula is C14H19BrN2O3. The molecule has 0 radical (unpaired) electrons. The highest BCUT2D eigenvalue weighted by Gasteiger charge is 2.33. The van der Waals surface area contributed by atoms with Crippen LogP contribution in [0.4, 0.5) is 11.4 Å².